The van der Waals surface area contributed by atoms with Gasteiger partial charge in [-0.25, -0.2) is 9.59 Å². The molecule has 2 rings (SSSR count). The predicted molar refractivity (Wildman–Crippen MR) is 93.7 cm³/mol. The van der Waals surface area contributed by atoms with E-state index >= 15 is 0 Å². The third kappa shape index (κ3) is 5.56. The molecular formula is C18H22N2O5. The summed E-state index contributed by atoms with van der Waals surface area (Å²) in [6, 6.07) is 8.82. The second-order valence-corrected chi connectivity index (χ2v) is 6.32. The van der Waals surface area contributed by atoms with Gasteiger partial charge in [-0.3, -0.25) is 5.32 Å². The Labute approximate surface area is 146 Å². The van der Waals surface area contributed by atoms with Gasteiger partial charge in [-0.1, -0.05) is 12.1 Å². The lowest BCUT2D eigenvalue weighted by Gasteiger charge is -2.20. The molecule has 0 aliphatic carbocycles. The van der Waals surface area contributed by atoms with Gasteiger partial charge in [0.05, 0.1) is 30.6 Å². The van der Waals surface area contributed by atoms with E-state index in [2.05, 4.69) is 15.4 Å². The van der Waals surface area contributed by atoms with Crippen LogP contribution in [0.3, 0.4) is 0 Å². The quantitative estimate of drug-likeness (QED) is 0.795. The highest BCUT2D eigenvalue weighted by Crippen LogP contribution is 2.23. The number of hydrogen-bond donors (Lipinski definition) is 2. The number of amides is 1. The number of carbonyl (C=O) groups is 2. The van der Waals surface area contributed by atoms with Crippen molar-refractivity contribution in [3.63, 3.8) is 0 Å². The first-order valence-electron chi connectivity index (χ1n) is 7.77. The number of para-hydroxylation sites is 2. The van der Waals surface area contributed by atoms with Crippen molar-refractivity contribution in [2.75, 3.05) is 17.7 Å². The smallest absolute Gasteiger partial charge is 0.412 e. The van der Waals surface area contributed by atoms with E-state index in [1.165, 1.54) is 13.4 Å². The molecule has 0 atom stereocenters. The molecule has 2 N–H and O–H groups in total. The predicted octanol–water partition coefficient (Wildman–Crippen LogP) is 4.03. The van der Waals surface area contributed by atoms with Crippen LogP contribution < -0.4 is 10.6 Å². The molecule has 0 saturated carbocycles. The van der Waals surface area contributed by atoms with Crippen LogP contribution in [0.15, 0.2) is 41.0 Å². The fourth-order valence-electron chi connectivity index (χ4n) is 2.04. The van der Waals surface area contributed by atoms with Gasteiger partial charge in [0.15, 0.2) is 0 Å². The van der Waals surface area contributed by atoms with E-state index in [9.17, 15) is 9.59 Å². The topological polar surface area (TPSA) is 89.8 Å². The van der Waals surface area contributed by atoms with Crippen LogP contribution in [0.5, 0.6) is 0 Å². The second kappa shape index (κ2) is 7.74. The van der Waals surface area contributed by atoms with E-state index in [4.69, 9.17) is 9.15 Å². The molecule has 1 heterocycles. The highest BCUT2D eigenvalue weighted by atomic mass is 16.6. The van der Waals surface area contributed by atoms with E-state index in [-0.39, 0.29) is 0 Å². The molecule has 0 fully saturated rings. The minimum Gasteiger partial charge on any atom is -0.467 e. The average Bonchev–Trinajstić information content (AvgIpc) is 3.00. The molecule has 7 nitrogen and oxygen atoms in total. The summed E-state index contributed by atoms with van der Waals surface area (Å²) in [6.45, 7) is 5.73. The monoisotopic (exact) mass is 346 g/mol. The van der Waals surface area contributed by atoms with E-state index in [1.54, 1.807) is 39.0 Å². The molecule has 2 aromatic rings. The van der Waals surface area contributed by atoms with Gasteiger partial charge in [0.25, 0.3) is 0 Å². The molecular weight excluding hydrogens is 324 g/mol. The van der Waals surface area contributed by atoms with Crippen LogP contribution in [-0.2, 0) is 16.0 Å². The van der Waals surface area contributed by atoms with Gasteiger partial charge in [0.2, 0.25) is 0 Å². The van der Waals surface area contributed by atoms with Crippen LogP contribution in [0.2, 0.25) is 0 Å². The maximum atomic E-state index is 11.9. The van der Waals surface area contributed by atoms with Crippen molar-refractivity contribution in [2.24, 2.45) is 0 Å². The summed E-state index contributed by atoms with van der Waals surface area (Å²) >= 11 is 0. The first kappa shape index (κ1) is 18.4. The van der Waals surface area contributed by atoms with Crippen LogP contribution in [0, 0.1) is 0 Å². The van der Waals surface area contributed by atoms with Gasteiger partial charge in [-0.05, 0) is 39.0 Å². The lowest BCUT2D eigenvalue weighted by atomic mass is 10.2. The average molecular weight is 346 g/mol. The summed E-state index contributed by atoms with van der Waals surface area (Å²) in [5.41, 5.74) is 1.05. The van der Waals surface area contributed by atoms with Crippen LogP contribution in [0.25, 0.3) is 0 Å². The van der Waals surface area contributed by atoms with Gasteiger partial charge in [-0.2, -0.15) is 0 Å². The molecule has 25 heavy (non-hydrogen) atoms. The summed E-state index contributed by atoms with van der Waals surface area (Å²) in [5, 5.41) is 5.86. The summed E-state index contributed by atoms with van der Waals surface area (Å²) < 4.78 is 15.2. The van der Waals surface area contributed by atoms with Gasteiger partial charge >= 0.3 is 12.1 Å². The molecule has 0 aliphatic heterocycles. The molecule has 134 valence electrons. The Morgan fingerprint density at radius 1 is 1.16 bits per heavy atom. The fourth-order valence-corrected chi connectivity index (χ4v) is 2.04. The largest absolute Gasteiger partial charge is 0.467 e. The van der Waals surface area contributed by atoms with E-state index in [0.29, 0.717) is 29.2 Å². The Kier molecular flexibility index (Phi) is 5.69. The minimum absolute atomic E-state index is 0.337. The zero-order valence-electron chi connectivity index (χ0n) is 14.7. The Hall–Kier alpha value is -2.96. The van der Waals surface area contributed by atoms with Gasteiger partial charge in [0.1, 0.15) is 17.6 Å². The Morgan fingerprint density at radius 2 is 1.84 bits per heavy atom. The number of nitrogens with one attached hydrogen (secondary N) is 2. The van der Waals surface area contributed by atoms with Crippen molar-refractivity contribution in [3.05, 3.63) is 47.9 Å². The number of rotatable bonds is 5. The van der Waals surface area contributed by atoms with Crippen molar-refractivity contribution in [2.45, 2.75) is 32.9 Å². The number of methoxy groups -OCH3 is 1. The van der Waals surface area contributed by atoms with Crippen molar-refractivity contribution in [1.29, 1.82) is 0 Å². The molecule has 0 saturated heterocycles. The van der Waals surface area contributed by atoms with Crippen molar-refractivity contribution in [3.8, 4) is 0 Å². The molecule has 1 aromatic carbocycles. The van der Waals surface area contributed by atoms with E-state index in [1.807, 2.05) is 12.1 Å². The number of anilines is 2. The summed E-state index contributed by atoms with van der Waals surface area (Å²) in [7, 11) is 1.31. The Bertz CT molecular complexity index is 746. The SMILES string of the molecule is COC(=O)c1coc(CNc2ccccc2NC(=O)OC(C)(C)C)c1. The molecule has 0 spiro atoms. The lowest BCUT2D eigenvalue weighted by molar-refractivity contribution is 0.0597. The Balaban J connectivity index is 2.02. The lowest BCUT2D eigenvalue weighted by Crippen LogP contribution is -2.27. The van der Waals surface area contributed by atoms with Gasteiger partial charge in [-0.15, -0.1) is 0 Å². The fraction of sp³-hybridized carbons (Fsp3) is 0.333. The van der Waals surface area contributed by atoms with E-state index < -0.39 is 17.7 Å². The van der Waals surface area contributed by atoms with Crippen LogP contribution in [0.1, 0.15) is 36.9 Å². The van der Waals surface area contributed by atoms with Crippen molar-refractivity contribution >= 4 is 23.4 Å². The molecule has 7 heteroatoms. The highest BCUT2D eigenvalue weighted by molar-refractivity contribution is 5.90. The first-order chi connectivity index (χ1) is 11.8. The van der Waals surface area contributed by atoms with Crippen LogP contribution in [-0.4, -0.2) is 24.8 Å². The normalized spacial score (nSPS) is 10.9. The number of esters is 1. The molecule has 1 aromatic heterocycles. The zero-order valence-corrected chi connectivity index (χ0v) is 14.7. The summed E-state index contributed by atoms with van der Waals surface area (Å²) in [5.74, 6) is 0.106. The van der Waals surface area contributed by atoms with Gasteiger partial charge < -0.3 is 19.2 Å². The zero-order chi connectivity index (χ0) is 18.4. The van der Waals surface area contributed by atoms with E-state index in [0.717, 1.165) is 0 Å². The standard InChI is InChI=1S/C18H22N2O5/c1-18(2,3)25-17(22)20-15-8-6-5-7-14(15)19-10-13-9-12(11-24-13)16(21)23-4/h5-9,11,19H,10H2,1-4H3,(H,20,22). The number of hydrogen-bond acceptors (Lipinski definition) is 6. The highest BCUT2D eigenvalue weighted by Gasteiger charge is 2.17. The minimum atomic E-state index is -0.578. The van der Waals surface area contributed by atoms with Gasteiger partial charge in [0, 0.05) is 0 Å². The Morgan fingerprint density at radius 3 is 2.48 bits per heavy atom. The molecule has 1 amide bonds. The number of benzene rings is 1. The number of ether oxygens (including phenoxy) is 2. The number of furan rings is 1. The maximum Gasteiger partial charge on any atom is 0.412 e. The van der Waals surface area contributed by atoms with Crippen molar-refractivity contribution < 1.29 is 23.5 Å². The number of carbonyl (C=O) groups excluding carboxylic acids is 2. The molecule has 0 bridgehead atoms. The second-order valence-electron chi connectivity index (χ2n) is 6.32. The third-order valence-corrected chi connectivity index (χ3v) is 3.09. The van der Waals surface area contributed by atoms with Crippen molar-refractivity contribution in [1.82, 2.24) is 0 Å². The molecule has 0 radical (unpaired) electrons. The molecule has 0 aliphatic rings. The maximum absolute atomic E-state index is 11.9. The third-order valence-electron chi connectivity index (χ3n) is 3.09. The first-order valence-corrected chi connectivity index (χ1v) is 7.77. The molecule has 0 unspecified atom stereocenters. The summed E-state index contributed by atoms with van der Waals surface area (Å²) in [6.07, 6.45) is 0.806. The summed E-state index contributed by atoms with van der Waals surface area (Å²) in [4.78, 5) is 23.4. The van der Waals surface area contributed by atoms with Crippen LogP contribution in [0.4, 0.5) is 16.2 Å². The van der Waals surface area contributed by atoms with Crippen LogP contribution >= 0.6 is 0 Å².